The van der Waals surface area contributed by atoms with E-state index in [-0.39, 0.29) is 5.92 Å². The number of hydrogen-bond acceptors (Lipinski definition) is 5. The van der Waals surface area contributed by atoms with Crippen LogP contribution in [0, 0.1) is 11.8 Å². The fraction of sp³-hybridized carbons (Fsp3) is 0.636. The number of anilines is 1. The van der Waals surface area contributed by atoms with Crippen molar-refractivity contribution in [3.8, 4) is 11.3 Å². The minimum atomic E-state index is -4.54. The molecule has 3 fully saturated rings. The third kappa shape index (κ3) is 3.71. The maximum atomic E-state index is 13.3. The van der Waals surface area contributed by atoms with E-state index < -0.39 is 17.6 Å². The highest BCUT2D eigenvalue weighted by Crippen LogP contribution is 2.62. The number of nitrogen functional groups attached to an aromatic ring is 1. The Kier molecular flexibility index (Phi) is 5.01. The van der Waals surface area contributed by atoms with E-state index in [2.05, 4.69) is 28.3 Å². The van der Waals surface area contributed by atoms with Gasteiger partial charge in [-0.2, -0.15) is 13.2 Å². The van der Waals surface area contributed by atoms with Gasteiger partial charge in [-0.25, -0.2) is 9.97 Å². The van der Waals surface area contributed by atoms with E-state index >= 15 is 0 Å². The number of ether oxygens (including phenoxy) is 1. The van der Waals surface area contributed by atoms with E-state index in [1.807, 2.05) is 6.20 Å². The lowest BCUT2D eigenvalue weighted by molar-refractivity contribution is -0.137. The number of hydrogen-bond donors (Lipinski definition) is 1. The summed E-state index contributed by atoms with van der Waals surface area (Å²) >= 11 is 0. The van der Waals surface area contributed by atoms with Crippen LogP contribution in [0.2, 0.25) is 0 Å². The quantitative estimate of drug-likeness (QED) is 0.788. The van der Waals surface area contributed by atoms with Crippen LogP contribution in [0.1, 0.15) is 50.0 Å². The molecule has 31 heavy (non-hydrogen) atoms. The van der Waals surface area contributed by atoms with Crippen molar-refractivity contribution in [2.45, 2.75) is 50.9 Å². The van der Waals surface area contributed by atoms with Gasteiger partial charge in [0.2, 0.25) is 0 Å². The second-order valence-corrected chi connectivity index (χ2v) is 9.29. The SMILES string of the molecule is CC(C)c1nc(-c2cnc(N)c(C(F)(F)F)c2)cn1C1[C@H]2C[C@@H](N3CCOCC3)C[C@@H]12. The number of rotatable bonds is 4. The highest BCUT2D eigenvalue weighted by atomic mass is 19.4. The van der Waals surface area contributed by atoms with Crippen LogP contribution < -0.4 is 5.73 Å². The summed E-state index contributed by atoms with van der Waals surface area (Å²) in [5.41, 5.74) is 5.42. The zero-order valence-corrected chi connectivity index (χ0v) is 17.8. The Balaban J connectivity index is 1.39. The first-order chi connectivity index (χ1) is 14.7. The zero-order valence-electron chi connectivity index (χ0n) is 17.8. The minimum Gasteiger partial charge on any atom is -0.383 e. The van der Waals surface area contributed by atoms with Crippen molar-refractivity contribution >= 4 is 5.82 Å². The lowest BCUT2D eigenvalue weighted by Crippen LogP contribution is -2.43. The van der Waals surface area contributed by atoms with Crippen molar-refractivity contribution in [2.75, 3.05) is 32.0 Å². The predicted octanol–water partition coefficient (Wildman–Crippen LogP) is 3.95. The highest BCUT2D eigenvalue weighted by molar-refractivity contribution is 5.62. The standard InChI is InChI=1S/C22H28F3N5O/c1-12(2)21-28-18(13-7-17(22(23,24)25)20(26)27-10-13)11-30(21)19-15-8-14(9-16(15)19)29-3-5-31-6-4-29/h7,10-12,14-16,19H,3-6,8-9H2,1-2H3,(H2,26,27)/t14-,15+,16-,19?. The summed E-state index contributed by atoms with van der Waals surface area (Å²) in [6.45, 7) is 7.78. The minimum absolute atomic E-state index is 0.175. The molecule has 2 aliphatic carbocycles. The van der Waals surface area contributed by atoms with Gasteiger partial charge in [0.15, 0.2) is 0 Å². The molecule has 0 radical (unpaired) electrons. The van der Waals surface area contributed by atoms with Crippen LogP contribution in [-0.4, -0.2) is 51.8 Å². The van der Waals surface area contributed by atoms with Gasteiger partial charge in [-0.1, -0.05) is 13.8 Å². The molecule has 4 atom stereocenters. The van der Waals surface area contributed by atoms with E-state index in [1.54, 1.807) is 0 Å². The van der Waals surface area contributed by atoms with Crippen molar-refractivity contribution < 1.29 is 17.9 Å². The van der Waals surface area contributed by atoms with Crippen molar-refractivity contribution in [3.63, 3.8) is 0 Å². The number of morpholine rings is 1. The van der Waals surface area contributed by atoms with Crippen LogP contribution in [-0.2, 0) is 10.9 Å². The number of pyridine rings is 1. The Morgan fingerprint density at radius 2 is 1.84 bits per heavy atom. The topological polar surface area (TPSA) is 69.2 Å². The molecule has 2 aromatic heterocycles. The fourth-order valence-electron chi connectivity index (χ4n) is 5.49. The molecule has 1 aliphatic heterocycles. The molecule has 0 aromatic carbocycles. The van der Waals surface area contributed by atoms with Gasteiger partial charge in [0.1, 0.15) is 11.6 Å². The van der Waals surface area contributed by atoms with Crippen LogP contribution in [0.3, 0.4) is 0 Å². The summed E-state index contributed by atoms with van der Waals surface area (Å²) in [5, 5.41) is 0. The van der Waals surface area contributed by atoms with Crippen LogP contribution in [0.15, 0.2) is 18.5 Å². The Bertz CT molecular complexity index is 955. The number of nitrogens with zero attached hydrogens (tertiary/aromatic N) is 4. The number of nitrogens with two attached hydrogens (primary N) is 1. The number of alkyl halides is 3. The molecule has 0 bridgehead atoms. The van der Waals surface area contributed by atoms with Crippen molar-refractivity contribution in [1.29, 1.82) is 0 Å². The van der Waals surface area contributed by atoms with Crippen LogP contribution in [0.4, 0.5) is 19.0 Å². The van der Waals surface area contributed by atoms with Crippen molar-refractivity contribution in [1.82, 2.24) is 19.4 Å². The fourth-order valence-corrected chi connectivity index (χ4v) is 5.49. The molecule has 0 amide bonds. The molecule has 2 saturated carbocycles. The molecule has 2 N–H and O–H groups in total. The summed E-state index contributed by atoms with van der Waals surface area (Å²) in [6.07, 6.45) is 1.08. The third-order valence-corrected chi connectivity index (χ3v) is 7.06. The lowest BCUT2D eigenvalue weighted by Gasteiger charge is -2.33. The van der Waals surface area contributed by atoms with E-state index in [1.165, 1.54) is 19.0 Å². The van der Waals surface area contributed by atoms with Gasteiger partial charge in [-0.3, -0.25) is 4.90 Å². The summed E-state index contributed by atoms with van der Waals surface area (Å²) in [5.74, 6) is 1.81. The summed E-state index contributed by atoms with van der Waals surface area (Å²) < 4.78 is 47.5. The first-order valence-electron chi connectivity index (χ1n) is 11.0. The number of imidazole rings is 1. The first-order valence-corrected chi connectivity index (χ1v) is 11.0. The average Bonchev–Trinajstić information content (AvgIpc) is 3.09. The highest BCUT2D eigenvalue weighted by Gasteiger charge is 2.58. The smallest absolute Gasteiger partial charge is 0.383 e. The molecule has 2 aromatic rings. The molecule has 1 saturated heterocycles. The Morgan fingerprint density at radius 1 is 1.16 bits per heavy atom. The Morgan fingerprint density at radius 3 is 2.45 bits per heavy atom. The Labute approximate surface area is 179 Å². The van der Waals surface area contributed by atoms with Gasteiger partial charge in [0, 0.05) is 49.0 Å². The molecule has 5 rings (SSSR count). The van der Waals surface area contributed by atoms with Gasteiger partial charge in [0.25, 0.3) is 0 Å². The molecule has 6 nitrogen and oxygen atoms in total. The monoisotopic (exact) mass is 435 g/mol. The largest absolute Gasteiger partial charge is 0.419 e. The number of halogens is 3. The van der Waals surface area contributed by atoms with E-state index in [0.717, 1.165) is 38.2 Å². The summed E-state index contributed by atoms with van der Waals surface area (Å²) in [4.78, 5) is 11.0. The first kappa shape index (κ1) is 20.8. The average molecular weight is 435 g/mol. The number of aromatic nitrogens is 3. The van der Waals surface area contributed by atoms with Gasteiger partial charge in [-0.05, 0) is 30.7 Å². The normalized spacial score (nSPS) is 28.8. The van der Waals surface area contributed by atoms with Crippen LogP contribution in [0.5, 0.6) is 0 Å². The molecule has 0 spiro atoms. The molecule has 3 heterocycles. The van der Waals surface area contributed by atoms with Gasteiger partial charge in [-0.15, -0.1) is 0 Å². The van der Waals surface area contributed by atoms with Gasteiger partial charge < -0.3 is 15.0 Å². The third-order valence-electron chi connectivity index (χ3n) is 7.06. The molecular weight excluding hydrogens is 407 g/mol. The molecule has 3 aliphatic rings. The zero-order chi connectivity index (χ0) is 21.9. The summed E-state index contributed by atoms with van der Waals surface area (Å²) in [7, 11) is 0. The van der Waals surface area contributed by atoms with Crippen LogP contribution >= 0.6 is 0 Å². The van der Waals surface area contributed by atoms with Gasteiger partial charge in [0.05, 0.1) is 24.5 Å². The van der Waals surface area contributed by atoms with Crippen molar-refractivity contribution in [2.24, 2.45) is 11.8 Å². The Hall–Kier alpha value is -2.13. The molecule has 1 unspecified atom stereocenters. The van der Waals surface area contributed by atoms with E-state index in [0.29, 0.717) is 35.2 Å². The molecule has 9 heteroatoms. The number of fused-ring (bicyclic) bond motifs is 1. The lowest BCUT2D eigenvalue weighted by atomic mass is 10.1. The van der Waals surface area contributed by atoms with Crippen LogP contribution in [0.25, 0.3) is 11.3 Å². The predicted molar refractivity (Wildman–Crippen MR) is 110 cm³/mol. The summed E-state index contributed by atoms with van der Waals surface area (Å²) in [6, 6.07) is 2.07. The maximum absolute atomic E-state index is 13.3. The molecule has 168 valence electrons. The molecular formula is C22H28F3N5O. The van der Waals surface area contributed by atoms with Gasteiger partial charge >= 0.3 is 6.18 Å². The maximum Gasteiger partial charge on any atom is 0.419 e. The van der Waals surface area contributed by atoms with E-state index in [4.69, 9.17) is 15.5 Å². The van der Waals surface area contributed by atoms with Crippen molar-refractivity contribution in [3.05, 3.63) is 29.8 Å². The second kappa shape index (κ2) is 7.48. The second-order valence-electron chi connectivity index (χ2n) is 9.29. The van der Waals surface area contributed by atoms with E-state index in [9.17, 15) is 13.2 Å².